The lowest BCUT2D eigenvalue weighted by Gasteiger charge is -2.22. The highest BCUT2D eigenvalue weighted by Crippen LogP contribution is 2.66. The van der Waals surface area contributed by atoms with Gasteiger partial charge in [0.05, 0.1) is 18.4 Å². The van der Waals surface area contributed by atoms with Crippen molar-refractivity contribution in [3.05, 3.63) is 24.2 Å². The molecule has 38 heavy (non-hydrogen) atoms. The van der Waals surface area contributed by atoms with Crippen LogP contribution in [-0.2, 0) is 42.0 Å². The summed E-state index contributed by atoms with van der Waals surface area (Å²) in [6.45, 7) is 1.52. The average Bonchev–Trinajstić information content (AvgIpc) is 3.31. The van der Waals surface area contributed by atoms with Gasteiger partial charge in [0.1, 0.15) is 29.6 Å². The number of carbonyl (C=O) groups excluding carboxylic acids is 1. The van der Waals surface area contributed by atoms with Crippen LogP contribution in [0.4, 0.5) is 5.82 Å². The van der Waals surface area contributed by atoms with Crippen molar-refractivity contribution in [1.29, 1.82) is 5.26 Å². The summed E-state index contributed by atoms with van der Waals surface area (Å²) in [4.78, 5) is 52.1. The Hall–Kier alpha value is -2.13. The quantitative estimate of drug-likeness (QED) is 0.171. The zero-order chi connectivity index (χ0) is 28.7. The number of phosphoric acid groups is 3. The fourth-order valence-electron chi connectivity index (χ4n) is 3.32. The van der Waals surface area contributed by atoms with Crippen LogP contribution in [0.15, 0.2) is 18.5 Å². The molecular weight excluding hydrogens is 579 g/mol. The monoisotopic (exact) mass is 601 g/mol. The molecule has 1 amide bonds. The third-order valence-corrected chi connectivity index (χ3v) is 8.73. The van der Waals surface area contributed by atoms with Gasteiger partial charge in [-0.2, -0.15) is 19.0 Å². The summed E-state index contributed by atoms with van der Waals surface area (Å²) in [7, 11) is -16.8. The molecule has 1 fully saturated rings. The number of amides is 1. The lowest BCUT2D eigenvalue weighted by molar-refractivity contribution is -0.130. The van der Waals surface area contributed by atoms with Gasteiger partial charge >= 0.3 is 23.5 Å². The summed E-state index contributed by atoms with van der Waals surface area (Å²) in [6, 6.07) is 4.68. The van der Waals surface area contributed by atoms with Crippen LogP contribution in [0.3, 0.4) is 0 Å². The molecule has 1 aliphatic heterocycles. The van der Waals surface area contributed by atoms with E-state index >= 15 is 0 Å². The van der Waals surface area contributed by atoms with Gasteiger partial charge in [0.15, 0.2) is 11.4 Å². The molecule has 2 unspecified atom stereocenters. The summed E-state index contributed by atoms with van der Waals surface area (Å²) in [5, 5.41) is 36.7. The Balaban J connectivity index is 1.80. The van der Waals surface area contributed by atoms with Crippen molar-refractivity contribution in [1.82, 2.24) is 14.6 Å². The first-order chi connectivity index (χ1) is 17.3. The molecule has 3 heterocycles. The Labute approximate surface area is 213 Å². The van der Waals surface area contributed by atoms with Crippen molar-refractivity contribution < 1.29 is 66.2 Å². The molecule has 2 aromatic heterocycles. The Kier molecular flexibility index (Phi) is 8.36. The van der Waals surface area contributed by atoms with Crippen molar-refractivity contribution in [3.63, 3.8) is 0 Å². The fraction of sp³-hybridized carbons (Fsp3) is 0.500. The number of rotatable bonds is 10. The molecule has 0 saturated carbocycles. The summed E-state index contributed by atoms with van der Waals surface area (Å²) >= 11 is 0. The maximum Gasteiger partial charge on any atom is 0.490 e. The van der Waals surface area contributed by atoms with Gasteiger partial charge in [-0.15, -0.1) is 0 Å². The first-order valence-corrected chi connectivity index (χ1v) is 14.7. The molecule has 3 rings (SSSR count). The second-order valence-electron chi connectivity index (χ2n) is 8.39. The number of hydrogen-bond donors (Lipinski definition) is 7. The number of nitrogens with one attached hydrogen (secondary N) is 1. The normalized spacial score (nSPS) is 25.4. The molecule has 0 bridgehead atoms. The maximum atomic E-state index is 12.2. The average molecular weight is 601 g/mol. The third-order valence-electron chi connectivity index (χ3n) is 4.93. The second kappa shape index (κ2) is 10.5. The predicted molar refractivity (Wildman–Crippen MR) is 121 cm³/mol. The molecule has 0 aliphatic carbocycles. The van der Waals surface area contributed by atoms with Gasteiger partial charge in [-0.05, 0) is 26.0 Å². The number of aliphatic hydroxyl groups excluding tert-OH is 1. The van der Waals surface area contributed by atoms with E-state index in [1.807, 2.05) is 6.07 Å². The Morgan fingerprint density at radius 2 is 1.92 bits per heavy atom. The Bertz CT molecular complexity index is 1410. The summed E-state index contributed by atoms with van der Waals surface area (Å²) < 4.78 is 52.7. The molecule has 1 aliphatic rings. The van der Waals surface area contributed by atoms with Crippen molar-refractivity contribution >= 4 is 40.7 Å². The molecule has 22 heteroatoms. The summed E-state index contributed by atoms with van der Waals surface area (Å²) in [6.07, 6.45) is -2.35. The number of anilines is 1. The maximum absolute atomic E-state index is 12.2. The van der Waals surface area contributed by atoms with Crippen LogP contribution in [0, 0.1) is 11.3 Å². The SMILES string of the molecule is CC(C)(O)C(=O)Nc1ncnn2c([C@@]3(C#N)C[C@H](O)[C@@H](COP(=O)(O)OP(=O)(O)OP(=O)(O)O)O3)ccc12. The van der Waals surface area contributed by atoms with Crippen LogP contribution in [0.1, 0.15) is 26.0 Å². The van der Waals surface area contributed by atoms with Crippen LogP contribution >= 0.6 is 23.5 Å². The molecule has 5 atom stereocenters. The van der Waals surface area contributed by atoms with E-state index in [0.717, 1.165) is 6.33 Å². The van der Waals surface area contributed by atoms with Crippen molar-refractivity contribution in [2.24, 2.45) is 0 Å². The van der Waals surface area contributed by atoms with E-state index < -0.39 is 65.8 Å². The van der Waals surface area contributed by atoms with Crippen molar-refractivity contribution in [2.45, 2.75) is 43.7 Å². The van der Waals surface area contributed by atoms with Crippen LogP contribution < -0.4 is 5.32 Å². The second-order valence-corrected chi connectivity index (χ2v) is 12.8. The lowest BCUT2D eigenvalue weighted by Crippen LogP contribution is -2.37. The smallest absolute Gasteiger partial charge is 0.390 e. The number of fused-ring (bicyclic) bond motifs is 1. The van der Waals surface area contributed by atoms with Crippen LogP contribution in [0.5, 0.6) is 0 Å². The summed E-state index contributed by atoms with van der Waals surface area (Å²) in [5.74, 6) is -0.802. The Morgan fingerprint density at radius 3 is 2.50 bits per heavy atom. The number of aromatic nitrogens is 3. The topological polar surface area (TPSA) is 293 Å². The molecule has 210 valence electrons. The molecule has 0 aromatic carbocycles. The predicted octanol–water partition coefficient (Wildman–Crippen LogP) is -0.349. The van der Waals surface area contributed by atoms with E-state index in [-0.39, 0.29) is 17.0 Å². The number of ether oxygens (including phenoxy) is 1. The van der Waals surface area contributed by atoms with Gasteiger partial charge in [-0.3, -0.25) is 9.32 Å². The number of phosphoric ester groups is 1. The zero-order valence-corrected chi connectivity index (χ0v) is 22.1. The number of nitrogens with zero attached hydrogens (tertiary/aromatic N) is 4. The third kappa shape index (κ3) is 7.08. The van der Waals surface area contributed by atoms with E-state index in [2.05, 4.69) is 28.5 Å². The first-order valence-electron chi connectivity index (χ1n) is 10.2. The highest BCUT2D eigenvalue weighted by atomic mass is 31.3. The van der Waals surface area contributed by atoms with Crippen molar-refractivity contribution in [3.8, 4) is 6.07 Å². The van der Waals surface area contributed by atoms with Crippen LogP contribution in [0.25, 0.3) is 5.52 Å². The number of nitriles is 1. The number of carbonyl (C=O) groups is 1. The van der Waals surface area contributed by atoms with Gasteiger partial charge in [0.25, 0.3) is 5.91 Å². The van der Waals surface area contributed by atoms with Crippen LogP contribution in [0.2, 0.25) is 0 Å². The standard InChI is InChI=1S/C16H22N5O14P3/c1-15(2,24)14(23)20-13-9-3-4-12(21(9)19-8-18-13)16(7-17)5-10(22)11(33-16)6-32-37(28,29)35-38(30,31)34-36(25,26)27/h3-4,8,10-11,22,24H,5-6H2,1-2H3,(H,28,29)(H,30,31)(H2,25,26,27)(H,18,19,20,23)/t10-,11+,16-/m0/s1. The van der Waals surface area contributed by atoms with E-state index in [4.69, 9.17) is 14.5 Å². The van der Waals surface area contributed by atoms with Gasteiger partial charge in [-0.1, -0.05) is 0 Å². The lowest BCUT2D eigenvalue weighted by atomic mass is 9.96. The number of hydrogen-bond acceptors (Lipinski definition) is 13. The molecule has 0 radical (unpaired) electrons. The highest BCUT2D eigenvalue weighted by molar-refractivity contribution is 7.66. The highest BCUT2D eigenvalue weighted by Gasteiger charge is 2.51. The van der Waals surface area contributed by atoms with Gasteiger partial charge in [0, 0.05) is 6.42 Å². The molecule has 1 saturated heterocycles. The number of aliphatic hydroxyl groups is 2. The van der Waals surface area contributed by atoms with Gasteiger partial charge in [0.2, 0.25) is 0 Å². The summed E-state index contributed by atoms with van der Waals surface area (Å²) in [5.41, 5.74) is -3.42. The molecule has 19 nitrogen and oxygen atoms in total. The minimum Gasteiger partial charge on any atom is -0.390 e. The molecule has 2 aromatic rings. The van der Waals surface area contributed by atoms with Gasteiger partial charge in [-0.25, -0.2) is 23.2 Å². The van der Waals surface area contributed by atoms with E-state index in [9.17, 15) is 43.8 Å². The molecule has 7 N–H and O–H groups in total. The van der Waals surface area contributed by atoms with E-state index in [0.29, 0.717) is 0 Å². The van der Waals surface area contributed by atoms with E-state index in [1.165, 1.54) is 30.5 Å². The fourth-order valence-corrected chi connectivity index (χ4v) is 6.35. The largest absolute Gasteiger partial charge is 0.490 e. The minimum absolute atomic E-state index is 0.0192. The zero-order valence-electron chi connectivity index (χ0n) is 19.4. The van der Waals surface area contributed by atoms with Crippen LogP contribution in [-0.4, -0.2) is 74.7 Å². The molecule has 0 spiro atoms. The minimum atomic E-state index is -5.76. The van der Waals surface area contributed by atoms with Crippen molar-refractivity contribution in [2.75, 3.05) is 11.9 Å². The Morgan fingerprint density at radius 1 is 1.26 bits per heavy atom. The molecular formula is C16H22N5O14P3. The van der Waals surface area contributed by atoms with E-state index in [1.54, 1.807) is 0 Å². The first kappa shape index (κ1) is 30.4. The van der Waals surface area contributed by atoms with Gasteiger partial charge < -0.3 is 39.8 Å².